The van der Waals surface area contributed by atoms with Gasteiger partial charge in [-0.15, -0.1) is 0 Å². The molecule has 5 nitrogen and oxygen atoms in total. The molecule has 1 unspecified atom stereocenters. The van der Waals surface area contributed by atoms with E-state index in [2.05, 4.69) is 6.92 Å². The predicted molar refractivity (Wildman–Crippen MR) is 93.1 cm³/mol. The lowest BCUT2D eigenvalue weighted by Gasteiger charge is -2.10. The van der Waals surface area contributed by atoms with E-state index in [-0.39, 0.29) is 6.15 Å². The summed E-state index contributed by atoms with van der Waals surface area (Å²) in [5, 5.41) is 7.90. The third-order valence-electron chi connectivity index (χ3n) is 4.00. The molecule has 0 heterocycles. The van der Waals surface area contributed by atoms with Gasteiger partial charge in [-0.05, 0) is 6.42 Å². The minimum Gasteiger partial charge on any atom is -0.395 e. The zero-order chi connectivity index (χ0) is 16.0. The normalized spacial score (nSPS) is 12.9. The highest BCUT2D eigenvalue weighted by Crippen LogP contribution is 2.14. The smallest absolute Gasteiger partial charge is 0.270 e. The second kappa shape index (κ2) is 15.7. The number of rotatable bonds is 15. The van der Waals surface area contributed by atoms with E-state index >= 15 is 0 Å². The van der Waals surface area contributed by atoms with E-state index in [1.54, 1.807) is 0 Å². The molecule has 0 aromatic heterocycles. The number of hydrogen-bond acceptors (Lipinski definition) is 4. The molecule has 136 valence electrons. The highest BCUT2D eigenvalue weighted by Gasteiger charge is 2.20. The second-order valence-electron chi connectivity index (χ2n) is 6.00. The first-order valence-electron chi connectivity index (χ1n) is 8.59. The topological polar surface area (TPSA) is 110 Å². The molecule has 0 bridgehead atoms. The van der Waals surface area contributed by atoms with Crippen molar-refractivity contribution in [1.82, 2.24) is 6.15 Å². The summed E-state index contributed by atoms with van der Waals surface area (Å²) in [4.78, 5) is 0. The first kappa shape index (κ1) is 24.1. The zero-order valence-corrected chi connectivity index (χ0v) is 15.1. The lowest BCUT2D eigenvalue weighted by atomic mass is 10.0. The van der Waals surface area contributed by atoms with Crippen LogP contribution in [0.5, 0.6) is 0 Å². The van der Waals surface area contributed by atoms with E-state index in [9.17, 15) is 8.42 Å². The molecule has 0 aliphatic heterocycles. The van der Waals surface area contributed by atoms with Crippen molar-refractivity contribution in [2.24, 2.45) is 0 Å². The average molecular weight is 340 g/mol. The molecular weight excluding hydrogens is 302 g/mol. The van der Waals surface area contributed by atoms with Crippen LogP contribution in [-0.4, -0.2) is 29.9 Å². The van der Waals surface area contributed by atoms with Gasteiger partial charge >= 0.3 is 0 Å². The number of aliphatic hydroxyl groups excluding tert-OH is 1. The van der Waals surface area contributed by atoms with Crippen LogP contribution >= 0.6 is 0 Å². The van der Waals surface area contributed by atoms with Crippen LogP contribution in [0.4, 0.5) is 0 Å². The maximum atomic E-state index is 10.9. The molecule has 0 spiro atoms. The Balaban J connectivity index is 0. The van der Waals surface area contributed by atoms with Crippen molar-refractivity contribution in [3.05, 3.63) is 0 Å². The summed E-state index contributed by atoms with van der Waals surface area (Å²) in [7, 11) is -4.08. The van der Waals surface area contributed by atoms with Crippen molar-refractivity contribution in [1.29, 1.82) is 0 Å². The van der Waals surface area contributed by atoms with Crippen molar-refractivity contribution in [2.45, 2.75) is 95.6 Å². The van der Waals surface area contributed by atoms with E-state index in [0.29, 0.717) is 6.42 Å². The standard InChI is InChI=1S/C16H34O4S.H3N/c1-2-3-4-5-6-7-8-9-10-11-12-13-14-16(15-17)21(18,19)20;/h16-17H,2-15H2,1H3,(H,18,19,20);1H3. The van der Waals surface area contributed by atoms with Crippen LogP contribution in [0.15, 0.2) is 0 Å². The summed E-state index contributed by atoms with van der Waals surface area (Å²) in [6, 6.07) is 0. The molecule has 22 heavy (non-hydrogen) atoms. The van der Waals surface area contributed by atoms with Crippen LogP contribution < -0.4 is 6.15 Å². The number of unbranched alkanes of at least 4 members (excludes halogenated alkanes) is 11. The van der Waals surface area contributed by atoms with E-state index < -0.39 is 22.0 Å². The Morgan fingerprint density at radius 3 is 1.45 bits per heavy atom. The summed E-state index contributed by atoms with van der Waals surface area (Å²) >= 11 is 0. The van der Waals surface area contributed by atoms with Gasteiger partial charge in [0.25, 0.3) is 10.1 Å². The maximum Gasteiger partial charge on any atom is 0.270 e. The lowest BCUT2D eigenvalue weighted by Crippen LogP contribution is -2.24. The first-order valence-corrected chi connectivity index (χ1v) is 10.1. The van der Waals surface area contributed by atoms with Gasteiger partial charge in [0.15, 0.2) is 0 Å². The third-order valence-corrected chi connectivity index (χ3v) is 5.23. The van der Waals surface area contributed by atoms with Gasteiger partial charge in [0.1, 0.15) is 5.25 Å². The number of hydrogen-bond donors (Lipinski definition) is 3. The fourth-order valence-electron chi connectivity index (χ4n) is 2.55. The Morgan fingerprint density at radius 1 is 0.773 bits per heavy atom. The second-order valence-corrected chi connectivity index (χ2v) is 7.69. The van der Waals surface area contributed by atoms with Crippen LogP contribution in [-0.2, 0) is 10.1 Å². The van der Waals surface area contributed by atoms with Gasteiger partial charge in [0, 0.05) is 0 Å². The molecule has 0 amide bonds. The molecule has 6 heteroatoms. The average Bonchev–Trinajstić information content (AvgIpc) is 2.42. The largest absolute Gasteiger partial charge is 0.395 e. The Hall–Kier alpha value is -0.170. The molecule has 0 rings (SSSR count). The molecule has 0 aliphatic carbocycles. The number of aliphatic hydroxyl groups is 1. The van der Waals surface area contributed by atoms with Crippen molar-refractivity contribution >= 4 is 10.1 Å². The molecule has 0 aromatic carbocycles. The van der Waals surface area contributed by atoms with E-state index in [1.807, 2.05) is 0 Å². The Kier molecular flexibility index (Phi) is 17.2. The molecule has 5 N–H and O–H groups in total. The van der Waals surface area contributed by atoms with Crippen molar-refractivity contribution in [3.63, 3.8) is 0 Å². The van der Waals surface area contributed by atoms with Crippen LogP contribution in [0.2, 0.25) is 0 Å². The molecule has 0 saturated carbocycles. The fourth-order valence-corrected chi connectivity index (χ4v) is 3.20. The lowest BCUT2D eigenvalue weighted by molar-refractivity contribution is 0.276. The summed E-state index contributed by atoms with van der Waals surface area (Å²) in [6.45, 7) is 1.75. The first-order chi connectivity index (χ1) is 10.0. The van der Waals surface area contributed by atoms with Crippen LogP contribution in [0.1, 0.15) is 90.4 Å². The van der Waals surface area contributed by atoms with Crippen LogP contribution in [0.25, 0.3) is 0 Å². The van der Waals surface area contributed by atoms with E-state index in [0.717, 1.165) is 19.3 Å². The van der Waals surface area contributed by atoms with Gasteiger partial charge in [-0.25, -0.2) is 0 Å². The van der Waals surface area contributed by atoms with Gasteiger partial charge < -0.3 is 11.3 Å². The van der Waals surface area contributed by atoms with Gasteiger partial charge in [0.2, 0.25) is 0 Å². The van der Waals surface area contributed by atoms with Crippen LogP contribution in [0.3, 0.4) is 0 Å². The van der Waals surface area contributed by atoms with Gasteiger partial charge in [-0.2, -0.15) is 8.42 Å². The third kappa shape index (κ3) is 14.8. The van der Waals surface area contributed by atoms with Gasteiger partial charge in [-0.3, -0.25) is 4.55 Å². The Morgan fingerprint density at radius 2 is 1.14 bits per heavy atom. The summed E-state index contributed by atoms with van der Waals surface area (Å²) in [5.41, 5.74) is 0. The summed E-state index contributed by atoms with van der Waals surface area (Å²) < 4.78 is 30.6. The van der Waals surface area contributed by atoms with Crippen molar-refractivity contribution < 1.29 is 18.1 Å². The van der Waals surface area contributed by atoms with Gasteiger partial charge in [-0.1, -0.05) is 84.0 Å². The zero-order valence-electron chi connectivity index (χ0n) is 14.3. The van der Waals surface area contributed by atoms with Crippen molar-refractivity contribution in [2.75, 3.05) is 6.61 Å². The quantitative estimate of drug-likeness (QED) is 0.301. The minimum absolute atomic E-state index is 0. The maximum absolute atomic E-state index is 10.9. The molecule has 0 radical (unpaired) electrons. The molecular formula is C16H37NO4S. The molecule has 0 saturated heterocycles. The SMILES string of the molecule is CCCCCCCCCCCCCCC(CO)S(=O)(=O)O.N. The Bertz CT molecular complexity index is 320. The van der Waals surface area contributed by atoms with E-state index in [4.69, 9.17) is 9.66 Å². The molecule has 0 fully saturated rings. The minimum atomic E-state index is -4.08. The van der Waals surface area contributed by atoms with Crippen LogP contribution in [0, 0.1) is 0 Å². The summed E-state index contributed by atoms with van der Waals surface area (Å²) in [5.74, 6) is 0. The molecule has 1 atom stereocenters. The predicted octanol–water partition coefficient (Wildman–Crippen LogP) is 4.49. The highest BCUT2D eigenvalue weighted by molar-refractivity contribution is 7.86. The monoisotopic (exact) mass is 339 g/mol. The molecule has 0 aliphatic rings. The summed E-state index contributed by atoms with van der Waals surface area (Å²) in [6.07, 6.45) is 15.0. The highest BCUT2D eigenvalue weighted by atomic mass is 32.2. The van der Waals surface area contributed by atoms with Crippen molar-refractivity contribution in [3.8, 4) is 0 Å². The Labute approximate surface area is 137 Å². The van der Waals surface area contributed by atoms with Gasteiger partial charge in [0.05, 0.1) is 6.61 Å². The fraction of sp³-hybridized carbons (Fsp3) is 1.00. The van der Waals surface area contributed by atoms with E-state index in [1.165, 1.54) is 57.8 Å². The molecule has 0 aromatic rings.